The van der Waals surface area contributed by atoms with Crippen molar-refractivity contribution in [3.8, 4) is 0 Å². The molecule has 1 aliphatic heterocycles. The summed E-state index contributed by atoms with van der Waals surface area (Å²) in [6, 6.07) is 4.83. The topological polar surface area (TPSA) is 24.5 Å². The van der Waals surface area contributed by atoms with E-state index in [1.807, 2.05) is 11.3 Å². The van der Waals surface area contributed by atoms with E-state index in [1.54, 1.807) is 0 Å². The van der Waals surface area contributed by atoms with Crippen molar-refractivity contribution in [2.24, 2.45) is 0 Å². The fourth-order valence-electron chi connectivity index (χ4n) is 2.70. The van der Waals surface area contributed by atoms with Crippen LogP contribution in [-0.2, 0) is 11.2 Å². The number of nitrogens with one attached hydrogen (secondary N) is 1. The third-order valence-corrected chi connectivity index (χ3v) is 4.91. The van der Waals surface area contributed by atoms with Gasteiger partial charge in [-0.15, -0.1) is 11.3 Å². The quantitative estimate of drug-likeness (QED) is 0.884. The molecule has 1 unspecified atom stereocenters. The predicted octanol–water partition coefficient (Wildman–Crippen LogP) is 1.99. The Morgan fingerprint density at radius 3 is 2.72 bits per heavy atom. The Balaban J connectivity index is 2.04. The zero-order chi connectivity index (χ0) is 13.0. The Bertz CT molecular complexity index is 345. The Morgan fingerprint density at radius 2 is 2.17 bits per heavy atom. The summed E-state index contributed by atoms with van der Waals surface area (Å²) in [5.41, 5.74) is 0.155. The molecule has 2 heterocycles. The number of hydrogen-bond donors (Lipinski definition) is 1. The minimum Gasteiger partial charge on any atom is -0.379 e. The van der Waals surface area contributed by atoms with Gasteiger partial charge in [0.2, 0.25) is 0 Å². The molecule has 18 heavy (non-hydrogen) atoms. The molecule has 2 rings (SSSR count). The van der Waals surface area contributed by atoms with Gasteiger partial charge in [-0.05, 0) is 38.8 Å². The fraction of sp³-hybridized carbons (Fsp3) is 0.714. The maximum absolute atomic E-state index is 5.45. The Kier molecular flexibility index (Phi) is 4.78. The Hall–Kier alpha value is -0.420. The van der Waals surface area contributed by atoms with E-state index in [2.05, 4.69) is 48.6 Å². The number of rotatable bonds is 5. The van der Waals surface area contributed by atoms with Gasteiger partial charge in [0.05, 0.1) is 13.2 Å². The van der Waals surface area contributed by atoms with E-state index in [-0.39, 0.29) is 5.54 Å². The van der Waals surface area contributed by atoms with Gasteiger partial charge in [-0.1, -0.05) is 6.07 Å². The second-order valence-corrected chi connectivity index (χ2v) is 6.41. The molecule has 0 radical (unpaired) electrons. The number of morpholine rings is 1. The second-order valence-electron chi connectivity index (χ2n) is 5.38. The lowest BCUT2D eigenvalue weighted by atomic mass is 9.89. The molecule has 0 amide bonds. The van der Waals surface area contributed by atoms with E-state index in [4.69, 9.17) is 4.74 Å². The summed E-state index contributed by atoms with van der Waals surface area (Å²) in [6.45, 7) is 8.48. The smallest absolute Gasteiger partial charge is 0.0594 e. The van der Waals surface area contributed by atoms with Gasteiger partial charge in [0.15, 0.2) is 0 Å². The van der Waals surface area contributed by atoms with E-state index in [0.717, 1.165) is 32.7 Å². The largest absolute Gasteiger partial charge is 0.379 e. The summed E-state index contributed by atoms with van der Waals surface area (Å²) >= 11 is 1.85. The molecule has 4 heteroatoms. The highest BCUT2D eigenvalue weighted by molar-refractivity contribution is 7.09. The van der Waals surface area contributed by atoms with E-state index >= 15 is 0 Å². The van der Waals surface area contributed by atoms with Crippen molar-refractivity contribution in [2.45, 2.75) is 31.8 Å². The van der Waals surface area contributed by atoms with Crippen LogP contribution in [0.5, 0.6) is 0 Å². The SMILES string of the molecule is CNC(Cc1cccs1)C(C)(C)N1CCOCC1. The van der Waals surface area contributed by atoms with Gasteiger partial charge in [-0.25, -0.2) is 0 Å². The van der Waals surface area contributed by atoms with Gasteiger partial charge < -0.3 is 10.1 Å². The van der Waals surface area contributed by atoms with Crippen LogP contribution in [-0.4, -0.2) is 49.8 Å². The van der Waals surface area contributed by atoms with Crippen LogP contribution in [0.2, 0.25) is 0 Å². The van der Waals surface area contributed by atoms with E-state index in [0.29, 0.717) is 6.04 Å². The van der Waals surface area contributed by atoms with Gasteiger partial charge in [-0.2, -0.15) is 0 Å². The van der Waals surface area contributed by atoms with Crippen LogP contribution in [0.4, 0.5) is 0 Å². The third kappa shape index (κ3) is 3.12. The zero-order valence-corrected chi connectivity index (χ0v) is 12.4. The molecule has 3 nitrogen and oxygen atoms in total. The van der Waals surface area contributed by atoms with Crippen LogP contribution in [0, 0.1) is 0 Å². The molecule has 1 N–H and O–H groups in total. The number of likely N-dealkylation sites (N-methyl/N-ethyl adjacent to an activating group) is 1. The zero-order valence-electron chi connectivity index (χ0n) is 11.6. The van der Waals surface area contributed by atoms with Crippen molar-refractivity contribution in [2.75, 3.05) is 33.4 Å². The van der Waals surface area contributed by atoms with Crippen molar-refractivity contribution >= 4 is 11.3 Å². The molecule has 102 valence electrons. The molecule has 1 saturated heterocycles. The number of ether oxygens (including phenoxy) is 1. The van der Waals surface area contributed by atoms with Crippen LogP contribution in [0.15, 0.2) is 17.5 Å². The summed E-state index contributed by atoms with van der Waals surface area (Å²) in [5.74, 6) is 0. The summed E-state index contributed by atoms with van der Waals surface area (Å²) in [4.78, 5) is 4.00. The van der Waals surface area contributed by atoms with E-state index < -0.39 is 0 Å². The first-order valence-electron chi connectivity index (χ1n) is 6.67. The van der Waals surface area contributed by atoms with Crippen LogP contribution in [0.25, 0.3) is 0 Å². The molecule has 1 aromatic rings. The van der Waals surface area contributed by atoms with E-state index in [1.165, 1.54) is 4.88 Å². The lowest BCUT2D eigenvalue weighted by molar-refractivity contribution is -0.0222. The molecule has 1 fully saturated rings. The van der Waals surface area contributed by atoms with Gasteiger partial charge in [0.25, 0.3) is 0 Å². The average Bonchev–Trinajstić information content (AvgIpc) is 2.89. The summed E-state index contributed by atoms with van der Waals surface area (Å²) in [7, 11) is 2.07. The maximum Gasteiger partial charge on any atom is 0.0594 e. The van der Waals surface area contributed by atoms with Crippen LogP contribution in [0.3, 0.4) is 0 Å². The van der Waals surface area contributed by atoms with Gasteiger partial charge in [0.1, 0.15) is 0 Å². The Morgan fingerprint density at radius 1 is 1.44 bits per heavy atom. The highest BCUT2D eigenvalue weighted by Crippen LogP contribution is 2.24. The van der Waals surface area contributed by atoms with Crippen molar-refractivity contribution in [1.29, 1.82) is 0 Å². The molecule has 0 bridgehead atoms. The first-order valence-corrected chi connectivity index (χ1v) is 7.55. The molecule has 0 aromatic carbocycles. The lowest BCUT2D eigenvalue weighted by Gasteiger charge is -2.45. The van der Waals surface area contributed by atoms with Crippen LogP contribution < -0.4 is 5.32 Å². The molecule has 0 aliphatic carbocycles. The molecule has 1 aliphatic rings. The summed E-state index contributed by atoms with van der Waals surface area (Å²) in [6.07, 6.45) is 1.10. The first-order chi connectivity index (χ1) is 8.64. The van der Waals surface area contributed by atoms with Gasteiger partial charge in [-0.3, -0.25) is 4.90 Å². The third-order valence-electron chi connectivity index (χ3n) is 4.01. The molecule has 1 atom stereocenters. The van der Waals surface area contributed by atoms with Crippen molar-refractivity contribution in [3.05, 3.63) is 22.4 Å². The van der Waals surface area contributed by atoms with Crippen LogP contribution in [0.1, 0.15) is 18.7 Å². The number of nitrogens with zero attached hydrogens (tertiary/aromatic N) is 1. The summed E-state index contributed by atoms with van der Waals surface area (Å²) < 4.78 is 5.45. The highest BCUT2D eigenvalue weighted by Gasteiger charge is 2.35. The van der Waals surface area contributed by atoms with Crippen molar-refractivity contribution < 1.29 is 4.74 Å². The van der Waals surface area contributed by atoms with Crippen LogP contribution >= 0.6 is 11.3 Å². The van der Waals surface area contributed by atoms with Crippen molar-refractivity contribution in [3.63, 3.8) is 0 Å². The minimum absolute atomic E-state index is 0.155. The molecule has 0 saturated carbocycles. The van der Waals surface area contributed by atoms with E-state index in [9.17, 15) is 0 Å². The maximum atomic E-state index is 5.45. The number of thiophene rings is 1. The monoisotopic (exact) mass is 268 g/mol. The number of hydrogen-bond acceptors (Lipinski definition) is 4. The summed E-state index contributed by atoms with van der Waals surface area (Å²) in [5, 5.41) is 5.66. The van der Waals surface area contributed by atoms with Gasteiger partial charge >= 0.3 is 0 Å². The lowest BCUT2D eigenvalue weighted by Crippen LogP contribution is -2.60. The highest BCUT2D eigenvalue weighted by atomic mass is 32.1. The molecular weight excluding hydrogens is 244 g/mol. The first kappa shape index (κ1) is 14.0. The molecular formula is C14H24N2OS. The van der Waals surface area contributed by atoms with Gasteiger partial charge in [0, 0.05) is 29.5 Å². The fourth-order valence-corrected chi connectivity index (χ4v) is 3.45. The standard InChI is InChI=1S/C14H24N2OS/c1-14(2,16-6-8-17-9-7-16)13(15-3)11-12-5-4-10-18-12/h4-5,10,13,15H,6-9,11H2,1-3H3. The predicted molar refractivity (Wildman–Crippen MR) is 77.3 cm³/mol. The second kappa shape index (κ2) is 6.15. The average molecular weight is 268 g/mol. The molecule has 0 spiro atoms. The minimum atomic E-state index is 0.155. The molecule has 1 aromatic heterocycles. The normalized spacial score (nSPS) is 19.9. The van der Waals surface area contributed by atoms with Crippen molar-refractivity contribution in [1.82, 2.24) is 10.2 Å². The Labute approximate surface area is 114 Å².